The number of aromatic nitrogens is 3. The molecule has 1 aliphatic rings. The van der Waals surface area contributed by atoms with E-state index in [1.165, 1.54) is 10.8 Å². The van der Waals surface area contributed by atoms with E-state index in [1.54, 1.807) is 13.2 Å². The molecule has 0 aliphatic heterocycles. The normalized spacial score (nSPS) is 14.2. The summed E-state index contributed by atoms with van der Waals surface area (Å²) in [7, 11) is 1.62. The molecule has 4 rings (SSSR count). The second kappa shape index (κ2) is 8.64. The van der Waals surface area contributed by atoms with Crippen molar-refractivity contribution in [2.75, 3.05) is 0 Å². The highest BCUT2D eigenvalue weighted by atomic mass is 32.2. The van der Waals surface area contributed by atoms with Crippen LogP contribution in [0.4, 0.5) is 8.78 Å². The highest BCUT2D eigenvalue weighted by molar-refractivity contribution is 7.78. The monoisotopic (exact) mass is 446 g/mol. The van der Waals surface area contributed by atoms with Crippen LogP contribution in [-0.2, 0) is 36.7 Å². The minimum absolute atomic E-state index is 0.0358. The van der Waals surface area contributed by atoms with Crippen LogP contribution in [0.1, 0.15) is 29.8 Å². The Bertz CT molecular complexity index is 1250. The largest absolute Gasteiger partial charge is 0.772 e. The number of hydrogen-bond donors (Lipinski definition) is 0. The molecule has 2 aromatic heterocycles. The van der Waals surface area contributed by atoms with Crippen molar-refractivity contribution in [3.63, 3.8) is 0 Å². The minimum Gasteiger partial charge on any atom is -0.772 e. The van der Waals surface area contributed by atoms with E-state index in [9.17, 15) is 22.3 Å². The number of hydrogen-bond acceptors (Lipinski definition) is 6. The molecule has 2 heterocycles. The van der Waals surface area contributed by atoms with Crippen molar-refractivity contribution in [1.29, 1.82) is 0 Å². The van der Waals surface area contributed by atoms with Gasteiger partial charge in [-0.3, -0.25) is 9.00 Å². The lowest BCUT2D eigenvalue weighted by Crippen LogP contribution is -2.25. The summed E-state index contributed by atoms with van der Waals surface area (Å²) in [4.78, 5) is 21.0. The number of rotatable bonds is 5. The molecule has 3 aromatic rings. The zero-order valence-electron chi connectivity index (χ0n) is 16.6. The van der Waals surface area contributed by atoms with Crippen LogP contribution in [0.3, 0.4) is 0 Å². The van der Waals surface area contributed by atoms with Crippen molar-refractivity contribution in [3.8, 4) is 22.8 Å². The van der Waals surface area contributed by atoms with Gasteiger partial charge in [0.1, 0.15) is 17.3 Å². The summed E-state index contributed by atoms with van der Waals surface area (Å²) in [6.45, 7) is 0. The number of benzene rings is 1. The SMILES string of the molecule is Cn1cc(-c2nc(CS(=O)[O-])ncc2Oc2ccc(F)cc2F)c2c(c1=O)CCCC2. The summed E-state index contributed by atoms with van der Waals surface area (Å²) in [5.74, 6) is -2.19. The van der Waals surface area contributed by atoms with Gasteiger partial charge in [-0.25, -0.2) is 18.7 Å². The van der Waals surface area contributed by atoms with Crippen LogP contribution in [0.25, 0.3) is 11.3 Å². The number of nitrogens with zero attached hydrogens (tertiary/aromatic N) is 3. The first-order valence-corrected chi connectivity index (χ1v) is 10.8. The predicted octanol–water partition coefficient (Wildman–Crippen LogP) is 3.17. The third-order valence-corrected chi connectivity index (χ3v) is 5.61. The van der Waals surface area contributed by atoms with E-state index in [0.717, 1.165) is 30.5 Å². The smallest absolute Gasteiger partial charge is 0.253 e. The quantitative estimate of drug-likeness (QED) is 0.559. The molecule has 1 atom stereocenters. The second-order valence-corrected chi connectivity index (χ2v) is 8.14. The van der Waals surface area contributed by atoms with Gasteiger partial charge in [-0.2, -0.15) is 0 Å². The summed E-state index contributed by atoms with van der Waals surface area (Å²) in [5, 5.41) is 0. The van der Waals surface area contributed by atoms with Crippen LogP contribution in [0.5, 0.6) is 11.5 Å². The zero-order chi connectivity index (χ0) is 22.1. The molecule has 1 unspecified atom stereocenters. The Labute approximate surface area is 179 Å². The molecule has 7 nitrogen and oxygen atoms in total. The van der Waals surface area contributed by atoms with Gasteiger partial charge in [0, 0.05) is 30.4 Å². The highest BCUT2D eigenvalue weighted by Gasteiger charge is 2.23. The summed E-state index contributed by atoms with van der Waals surface area (Å²) in [6.07, 6.45) is 5.92. The molecule has 0 fully saturated rings. The Morgan fingerprint density at radius 2 is 1.94 bits per heavy atom. The Kier molecular flexibility index (Phi) is 5.92. The molecule has 0 spiro atoms. The summed E-state index contributed by atoms with van der Waals surface area (Å²) >= 11 is -2.41. The standard InChI is InChI=1S/C21H19F2N3O4S/c1-26-10-15(13-4-2-3-5-14(13)21(26)27)20-18(9-24-19(25-20)11-31(28)29)30-17-7-6-12(22)8-16(17)23/h6-10H,2-5,11H2,1H3,(H,28,29)/p-1. The maximum atomic E-state index is 14.2. The van der Waals surface area contributed by atoms with Crippen molar-refractivity contribution >= 4 is 11.1 Å². The fraction of sp³-hybridized carbons (Fsp3) is 0.286. The average Bonchev–Trinajstić information content (AvgIpc) is 2.73. The van der Waals surface area contributed by atoms with Gasteiger partial charge in [0.2, 0.25) is 0 Å². The van der Waals surface area contributed by atoms with Gasteiger partial charge >= 0.3 is 0 Å². The fourth-order valence-electron chi connectivity index (χ4n) is 3.71. The molecule has 0 radical (unpaired) electrons. The fourth-order valence-corrected chi connectivity index (χ4v) is 4.06. The lowest BCUT2D eigenvalue weighted by atomic mass is 9.88. The van der Waals surface area contributed by atoms with Gasteiger partial charge in [-0.1, -0.05) is 0 Å². The predicted molar refractivity (Wildman–Crippen MR) is 108 cm³/mol. The van der Waals surface area contributed by atoms with E-state index in [4.69, 9.17) is 4.74 Å². The third kappa shape index (κ3) is 4.40. The number of fused-ring (bicyclic) bond motifs is 1. The molecule has 0 saturated heterocycles. The van der Waals surface area contributed by atoms with E-state index in [0.29, 0.717) is 30.0 Å². The van der Waals surface area contributed by atoms with Crippen molar-refractivity contribution in [2.24, 2.45) is 7.05 Å². The first-order valence-electron chi connectivity index (χ1n) is 9.60. The van der Waals surface area contributed by atoms with Gasteiger partial charge in [0.15, 0.2) is 17.3 Å². The first-order chi connectivity index (χ1) is 14.8. The maximum Gasteiger partial charge on any atom is 0.253 e. The molecular formula is C21H18F2N3O4S-. The summed E-state index contributed by atoms with van der Waals surface area (Å²) < 4.78 is 56.9. The molecule has 0 saturated carbocycles. The third-order valence-electron chi connectivity index (χ3n) is 5.12. The Hall–Kier alpha value is -2.98. The molecule has 31 heavy (non-hydrogen) atoms. The number of ether oxygens (including phenoxy) is 1. The van der Waals surface area contributed by atoms with E-state index < -0.39 is 28.5 Å². The van der Waals surface area contributed by atoms with E-state index >= 15 is 0 Å². The van der Waals surface area contributed by atoms with Crippen LogP contribution < -0.4 is 10.3 Å². The van der Waals surface area contributed by atoms with Crippen LogP contribution >= 0.6 is 0 Å². The lowest BCUT2D eigenvalue weighted by molar-refractivity contribution is 0.435. The number of aryl methyl sites for hydroxylation is 1. The molecule has 0 amide bonds. The van der Waals surface area contributed by atoms with E-state index in [2.05, 4.69) is 9.97 Å². The van der Waals surface area contributed by atoms with Crippen LogP contribution in [0.15, 0.2) is 35.4 Å². The topological polar surface area (TPSA) is 97.1 Å². The van der Waals surface area contributed by atoms with Crippen molar-refractivity contribution in [2.45, 2.75) is 31.4 Å². The van der Waals surface area contributed by atoms with E-state index in [1.807, 2.05) is 0 Å². The summed E-state index contributed by atoms with van der Waals surface area (Å²) in [5.41, 5.74) is 2.23. The van der Waals surface area contributed by atoms with Gasteiger partial charge in [-0.05, 0) is 54.5 Å². The van der Waals surface area contributed by atoms with Gasteiger partial charge in [0.05, 0.1) is 11.9 Å². The Balaban J connectivity index is 1.90. The zero-order valence-corrected chi connectivity index (χ0v) is 17.4. The maximum absolute atomic E-state index is 14.2. The van der Waals surface area contributed by atoms with E-state index in [-0.39, 0.29) is 28.6 Å². The number of halogens is 2. The van der Waals surface area contributed by atoms with Crippen molar-refractivity contribution in [1.82, 2.24) is 14.5 Å². The van der Waals surface area contributed by atoms with Gasteiger partial charge in [0.25, 0.3) is 5.56 Å². The molecule has 1 aromatic carbocycles. The van der Waals surface area contributed by atoms with Gasteiger partial charge in [-0.15, -0.1) is 0 Å². The minimum atomic E-state index is -2.41. The Morgan fingerprint density at radius 1 is 1.19 bits per heavy atom. The van der Waals surface area contributed by atoms with Crippen molar-refractivity contribution in [3.05, 3.63) is 69.5 Å². The molecular weight excluding hydrogens is 428 g/mol. The van der Waals surface area contributed by atoms with Crippen LogP contribution in [-0.4, -0.2) is 23.3 Å². The molecule has 0 bridgehead atoms. The molecule has 162 valence electrons. The summed E-state index contributed by atoms with van der Waals surface area (Å²) in [6, 6.07) is 2.89. The van der Waals surface area contributed by atoms with Crippen molar-refractivity contribution < 1.29 is 22.3 Å². The molecule has 1 aliphatic carbocycles. The highest BCUT2D eigenvalue weighted by Crippen LogP contribution is 2.36. The average molecular weight is 446 g/mol. The van der Waals surface area contributed by atoms with Gasteiger partial charge < -0.3 is 13.9 Å². The molecule has 0 N–H and O–H groups in total. The first kappa shape index (κ1) is 21.3. The molecule has 10 heteroatoms. The number of pyridine rings is 1. The second-order valence-electron chi connectivity index (χ2n) is 7.25. The Morgan fingerprint density at radius 3 is 2.65 bits per heavy atom. The van der Waals surface area contributed by atoms with Crippen LogP contribution in [0.2, 0.25) is 0 Å². The lowest BCUT2D eigenvalue weighted by Gasteiger charge is -2.21. The van der Waals surface area contributed by atoms with Crippen LogP contribution in [0, 0.1) is 11.6 Å².